The molecule has 2 heterocycles. The first-order chi connectivity index (χ1) is 16.3. The Bertz CT molecular complexity index is 1210. The van der Waals surface area contributed by atoms with Gasteiger partial charge >= 0.3 is 0 Å². The van der Waals surface area contributed by atoms with Gasteiger partial charge in [0.05, 0.1) is 4.90 Å². The predicted octanol–water partition coefficient (Wildman–Crippen LogP) is 3.48. The van der Waals surface area contributed by atoms with Crippen LogP contribution in [0.4, 0.5) is 11.4 Å². The largest absolute Gasteiger partial charge is 0.369 e. The molecule has 2 aliphatic heterocycles. The van der Waals surface area contributed by atoms with E-state index in [0.29, 0.717) is 43.1 Å². The van der Waals surface area contributed by atoms with Crippen molar-refractivity contribution in [2.24, 2.45) is 5.92 Å². The van der Waals surface area contributed by atoms with Crippen molar-refractivity contribution in [3.8, 4) is 0 Å². The van der Waals surface area contributed by atoms with Gasteiger partial charge in [-0.3, -0.25) is 9.59 Å². The molecule has 0 spiro atoms. The van der Waals surface area contributed by atoms with E-state index in [0.717, 1.165) is 36.2 Å². The molecule has 3 aliphatic rings. The second kappa shape index (κ2) is 8.82. The third kappa shape index (κ3) is 4.03. The van der Waals surface area contributed by atoms with Crippen molar-refractivity contribution >= 4 is 33.1 Å². The number of rotatable bonds is 5. The van der Waals surface area contributed by atoms with Gasteiger partial charge < -0.3 is 9.80 Å². The van der Waals surface area contributed by atoms with Crippen molar-refractivity contribution in [1.82, 2.24) is 4.31 Å². The minimum atomic E-state index is -3.61. The minimum Gasteiger partial charge on any atom is -0.369 e. The number of fused-ring (bicyclic) bond motifs is 1. The van der Waals surface area contributed by atoms with Crippen LogP contribution in [0.3, 0.4) is 0 Å². The maximum absolute atomic E-state index is 13.4. The molecule has 0 N–H and O–H groups in total. The average Bonchev–Trinajstić information content (AvgIpc) is 3.13. The first-order valence-corrected chi connectivity index (χ1v) is 13.5. The van der Waals surface area contributed by atoms with Gasteiger partial charge in [-0.05, 0) is 81.1 Å². The summed E-state index contributed by atoms with van der Waals surface area (Å²) in [6, 6.07) is 12.7. The summed E-state index contributed by atoms with van der Waals surface area (Å²) in [5, 5.41) is 0. The highest BCUT2D eigenvalue weighted by Gasteiger charge is 2.38. The van der Waals surface area contributed by atoms with E-state index in [-0.39, 0.29) is 23.7 Å². The molecule has 8 heteroatoms. The van der Waals surface area contributed by atoms with Crippen LogP contribution in [-0.2, 0) is 21.2 Å². The van der Waals surface area contributed by atoms with E-state index in [1.807, 2.05) is 42.2 Å². The molecule has 0 radical (unpaired) electrons. The number of carbonyl (C=O) groups is 2. The number of sulfonamides is 1. The molecule has 1 saturated heterocycles. The fourth-order valence-corrected chi connectivity index (χ4v) is 6.67. The number of piperazine rings is 1. The van der Waals surface area contributed by atoms with Crippen molar-refractivity contribution in [3.63, 3.8) is 0 Å². The maximum Gasteiger partial charge on any atom is 0.243 e. The molecule has 7 nitrogen and oxygen atoms in total. The highest BCUT2D eigenvalue weighted by molar-refractivity contribution is 7.89. The van der Waals surface area contributed by atoms with Crippen molar-refractivity contribution < 1.29 is 18.0 Å². The molecule has 1 amide bonds. The molecular weight excluding hydrogens is 450 g/mol. The van der Waals surface area contributed by atoms with Gasteiger partial charge in [-0.25, -0.2) is 8.42 Å². The van der Waals surface area contributed by atoms with Crippen molar-refractivity contribution in [1.29, 1.82) is 0 Å². The van der Waals surface area contributed by atoms with E-state index in [9.17, 15) is 18.0 Å². The van der Waals surface area contributed by atoms with Gasteiger partial charge in [-0.1, -0.05) is 6.42 Å². The lowest BCUT2D eigenvalue weighted by molar-refractivity contribution is -0.125. The smallest absolute Gasteiger partial charge is 0.243 e. The van der Waals surface area contributed by atoms with Gasteiger partial charge in [0, 0.05) is 55.1 Å². The quantitative estimate of drug-likeness (QED) is 0.611. The van der Waals surface area contributed by atoms with Gasteiger partial charge in [0.25, 0.3) is 0 Å². The number of carbonyl (C=O) groups excluding carboxylic acids is 2. The zero-order chi connectivity index (χ0) is 24.0. The first-order valence-electron chi connectivity index (χ1n) is 12.1. The SMILES string of the molecule is CC(=O)c1ccc(N2CCN(S(=O)(=O)c3ccc4c(c3)C[C@H](C)N4C(=O)C3CCC3)CC2)cc1. The number of amides is 1. The second-order valence-electron chi connectivity index (χ2n) is 9.67. The predicted molar refractivity (Wildman–Crippen MR) is 132 cm³/mol. The minimum absolute atomic E-state index is 0.0294. The average molecular weight is 482 g/mol. The van der Waals surface area contributed by atoms with Crippen LogP contribution in [0.15, 0.2) is 47.4 Å². The fraction of sp³-hybridized carbons (Fsp3) is 0.462. The highest BCUT2D eigenvalue weighted by Crippen LogP contribution is 2.38. The standard InChI is InChI=1S/C26H31N3O4S/c1-18-16-22-17-24(10-11-25(22)29(18)26(31)21-4-3-5-21)34(32,33)28-14-12-27(13-15-28)23-8-6-20(7-9-23)19(2)30/h6-11,17-18,21H,3-5,12-16H2,1-2H3/t18-/m0/s1. The first kappa shape index (κ1) is 23.1. The molecule has 2 aromatic carbocycles. The summed E-state index contributed by atoms with van der Waals surface area (Å²) in [6.07, 6.45) is 3.70. The Morgan fingerprint density at radius 2 is 1.62 bits per heavy atom. The van der Waals surface area contributed by atoms with Crippen LogP contribution in [0, 0.1) is 5.92 Å². The molecule has 0 unspecified atom stereocenters. The molecule has 1 saturated carbocycles. The zero-order valence-electron chi connectivity index (χ0n) is 19.7. The van der Waals surface area contributed by atoms with Gasteiger partial charge in [-0.2, -0.15) is 4.31 Å². The summed E-state index contributed by atoms with van der Waals surface area (Å²) in [4.78, 5) is 28.7. The molecule has 1 aliphatic carbocycles. The molecule has 180 valence electrons. The molecule has 5 rings (SSSR count). The Hall–Kier alpha value is -2.71. The lowest BCUT2D eigenvalue weighted by Gasteiger charge is -2.35. The zero-order valence-corrected chi connectivity index (χ0v) is 20.6. The Morgan fingerprint density at radius 3 is 2.21 bits per heavy atom. The lowest BCUT2D eigenvalue weighted by Crippen LogP contribution is -2.48. The van der Waals surface area contributed by atoms with E-state index in [1.54, 1.807) is 23.4 Å². The molecule has 0 aromatic heterocycles. The third-order valence-corrected chi connectivity index (χ3v) is 9.37. The van der Waals surface area contributed by atoms with Gasteiger partial charge in [0.1, 0.15) is 0 Å². The van der Waals surface area contributed by atoms with E-state index in [1.165, 1.54) is 0 Å². The summed E-state index contributed by atoms with van der Waals surface area (Å²) in [7, 11) is -3.61. The Labute approximate surface area is 201 Å². The monoisotopic (exact) mass is 481 g/mol. The topological polar surface area (TPSA) is 78.0 Å². The van der Waals surface area contributed by atoms with E-state index >= 15 is 0 Å². The fourth-order valence-electron chi connectivity index (χ4n) is 5.20. The van der Waals surface area contributed by atoms with Crippen LogP contribution in [0.1, 0.15) is 49.0 Å². The number of benzene rings is 2. The Morgan fingerprint density at radius 1 is 0.941 bits per heavy atom. The summed E-state index contributed by atoms with van der Waals surface area (Å²) in [5.41, 5.74) is 3.46. The van der Waals surface area contributed by atoms with Crippen LogP contribution in [0.2, 0.25) is 0 Å². The number of hydrogen-bond donors (Lipinski definition) is 0. The van der Waals surface area contributed by atoms with E-state index < -0.39 is 10.0 Å². The van der Waals surface area contributed by atoms with Crippen molar-refractivity contribution in [2.75, 3.05) is 36.0 Å². The number of hydrogen-bond acceptors (Lipinski definition) is 5. The summed E-state index contributed by atoms with van der Waals surface area (Å²) < 4.78 is 28.3. The van der Waals surface area contributed by atoms with E-state index in [4.69, 9.17) is 0 Å². The van der Waals surface area contributed by atoms with Crippen LogP contribution in [0.5, 0.6) is 0 Å². The van der Waals surface area contributed by atoms with Crippen LogP contribution >= 0.6 is 0 Å². The van der Waals surface area contributed by atoms with Crippen LogP contribution in [-0.4, -0.2) is 56.6 Å². The molecule has 1 atom stereocenters. The van der Waals surface area contributed by atoms with Gasteiger partial charge in [0.15, 0.2) is 5.78 Å². The normalized spacial score (nSPS) is 21.3. The van der Waals surface area contributed by atoms with Crippen LogP contribution in [0.25, 0.3) is 0 Å². The number of nitrogens with zero attached hydrogens (tertiary/aromatic N) is 3. The van der Waals surface area contributed by atoms with E-state index in [2.05, 4.69) is 4.90 Å². The number of ketones is 1. The van der Waals surface area contributed by atoms with Crippen molar-refractivity contribution in [3.05, 3.63) is 53.6 Å². The molecular formula is C26H31N3O4S. The Balaban J connectivity index is 1.29. The molecule has 34 heavy (non-hydrogen) atoms. The summed E-state index contributed by atoms with van der Waals surface area (Å²) >= 11 is 0. The highest BCUT2D eigenvalue weighted by atomic mass is 32.2. The van der Waals surface area contributed by atoms with Crippen molar-refractivity contribution in [2.45, 2.75) is 50.5 Å². The number of anilines is 2. The third-order valence-electron chi connectivity index (χ3n) is 7.47. The van der Waals surface area contributed by atoms with Crippen LogP contribution < -0.4 is 9.80 Å². The second-order valence-corrected chi connectivity index (χ2v) is 11.6. The number of Topliss-reactive ketones (excluding diaryl/α,β-unsaturated/α-hetero) is 1. The molecule has 2 aromatic rings. The Kier molecular flexibility index (Phi) is 5.98. The summed E-state index contributed by atoms with van der Waals surface area (Å²) in [5.74, 6) is 0.328. The molecule has 0 bridgehead atoms. The molecule has 2 fully saturated rings. The van der Waals surface area contributed by atoms with Gasteiger partial charge in [-0.15, -0.1) is 0 Å². The maximum atomic E-state index is 13.4. The summed E-state index contributed by atoms with van der Waals surface area (Å²) in [6.45, 7) is 5.55. The lowest BCUT2D eigenvalue weighted by atomic mass is 9.84. The van der Waals surface area contributed by atoms with Gasteiger partial charge in [0.2, 0.25) is 15.9 Å².